The molecule has 0 saturated heterocycles. The van der Waals surface area contributed by atoms with Crippen LogP contribution in [-0.2, 0) is 0 Å². The molecule has 0 atom stereocenters. The summed E-state index contributed by atoms with van der Waals surface area (Å²) in [4.78, 5) is 4.19. The summed E-state index contributed by atoms with van der Waals surface area (Å²) in [6, 6.07) is 0. The lowest BCUT2D eigenvalue weighted by atomic mass is 9.95. The molecule has 0 rings (SSSR count). The van der Waals surface area contributed by atoms with Gasteiger partial charge in [0.1, 0.15) is 0 Å². The molecule has 0 fully saturated rings. The number of nitrogens with zero attached hydrogens (tertiary/aromatic N) is 1. The van der Waals surface area contributed by atoms with Crippen molar-refractivity contribution in [3.63, 3.8) is 0 Å². The third-order valence-electron chi connectivity index (χ3n) is 3.91. The van der Waals surface area contributed by atoms with E-state index in [-0.39, 0.29) is 0 Å². The van der Waals surface area contributed by atoms with Crippen LogP contribution in [0.5, 0.6) is 0 Å². The molecule has 0 unspecified atom stereocenters. The van der Waals surface area contributed by atoms with E-state index in [0.29, 0.717) is 0 Å². The molecule has 0 aromatic heterocycles. The van der Waals surface area contributed by atoms with Crippen LogP contribution < -0.4 is 5.32 Å². The van der Waals surface area contributed by atoms with Gasteiger partial charge in [-0.1, -0.05) is 0 Å². The van der Waals surface area contributed by atoms with Gasteiger partial charge in [-0.05, 0) is 88.5 Å². The van der Waals surface area contributed by atoms with Gasteiger partial charge in [0.25, 0.3) is 0 Å². The summed E-state index contributed by atoms with van der Waals surface area (Å²) < 4.78 is 0. The van der Waals surface area contributed by atoms with Crippen LogP contribution in [0.4, 0.5) is 0 Å². The Hall–Kier alpha value is -1.57. The Morgan fingerprint density at radius 1 is 0.800 bits per heavy atom. The Balaban J connectivity index is 5.61. The van der Waals surface area contributed by atoms with Crippen molar-refractivity contribution in [2.24, 2.45) is 4.99 Å². The van der Waals surface area contributed by atoms with E-state index < -0.39 is 0 Å². The monoisotopic (exact) mass is 274 g/mol. The fourth-order valence-corrected chi connectivity index (χ4v) is 1.86. The maximum Gasteiger partial charge on any atom is 0.0316 e. The van der Waals surface area contributed by atoms with Gasteiger partial charge < -0.3 is 5.32 Å². The van der Waals surface area contributed by atoms with Crippen molar-refractivity contribution in [2.45, 2.75) is 48.5 Å². The average Bonchev–Trinajstić information content (AvgIpc) is 2.43. The molecule has 0 aliphatic rings. The third kappa shape index (κ3) is 5.60. The Kier molecular flexibility index (Phi) is 7.90. The van der Waals surface area contributed by atoms with Crippen molar-refractivity contribution in [3.05, 3.63) is 45.7 Å². The molecule has 0 saturated carbocycles. The zero-order valence-corrected chi connectivity index (χ0v) is 14.6. The first-order chi connectivity index (χ1) is 9.24. The number of allylic oxidation sites excluding steroid dienone is 8. The molecular weight excluding hydrogens is 244 g/mol. The minimum Gasteiger partial charge on any atom is -0.392 e. The third-order valence-corrected chi connectivity index (χ3v) is 3.91. The van der Waals surface area contributed by atoms with Crippen LogP contribution in [0.2, 0.25) is 0 Å². The summed E-state index contributed by atoms with van der Waals surface area (Å²) in [5, 5.41) is 3.16. The van der Waals surface area contributed by atoms with Crippen LogP contribution in [0.1, 0.15) is 48.5 Å². The smallest absolute Gasteiger partial charge is 0.0316 e. The second-order valence-corrected chi connectivity index (χ2v) is 5.33. The lowest BCUT2D eigenvalue weighted by Gasteiger charge is -2.12. The van der Waals surface area contributed by atoms with Crippen LogP contribution in [0.3, 0.4) is 0 Å². The lowest BCUT2D eigenvalue weighted by molar-refractivity contribution is 0.984. The van der Waals surface area contributed by atoms with Gasteiger partial charge in [0.05, 0.1) is 0 Å². The Morgan fingerprint density at radius 3 is 1.80 bits per heavy atom. The first kappa shape index (κ1) is 18.4. The predicted octanol–water partition coefficient (Wildman–Crippen LogP) is 4.82. The molecule has 0 spiro atoms. The van der Waals surface area contributed by atoms with Crippen molar-refractivity contribution >= 4 is 5.71 Å². The van der Waals surface area contributed by atoms with Crippen LogP contribution in [-0.4, -0.2) is 19.8 Å². The normalized spacial score (nSPS) is 16.8. The van der Waals surface area contributed by atoms with Crippen LogP contribution >= 0.6 is 0 Å². The van der Waals surface area contributed by atoms with Crippen molar-refractivity contribution in [1.82, 2.24) is 5.32 Å². The van der Waals surface area contributed by atoms with Gasteiger partial charge in [0, 0.05) is 25.5 Å². The summed E-state index contributed by atoms with van der Waals surface area (Å²) in [6.45, 7) is 15.0. The molecule has 0 radical (unpaired) electrons. The predicted molar refractivity (Wildman–Crippen MR) is 92.4 cm³/mol. The maximum absolute atomic E-state index is 4.19. The summed E-state index contributed by atoms with van der Waals surface area (Å²) in [5.41, 5.74) is 8.78. The molecular formula is C18H30N2. The van der Waals surface area contributed by atoms with E-state index in [1.165, 1.54) is 33.6 Å². The number of nitrogens with one attached hydrogen (secondary N) is 1. The highest BCUT2D eigenvalue weighted by atomic mass is 14.8. The largest absolute Gasteiger partial charge is 0.392 e. The Labute approximate surface area is 125 Å². The van der Waals surface area contributed by atoms with Crippen molar-refractivity contribution in [1.29, 1.82) is 0 Å². The van der Waals surface area contributed by atoms with E-state index in [2.05, 4.69) is 64.0 Å². The molecule has 20 heavy (non-hydrogen) atoms. The van der Waals surface area contributed by atoms with Crippen LogP contribution in [0, 0.1) is 0 Å². The highest BCUT2D eigenvalue weighted by molar-refractivity contribution is 5.93. The summed E-state index contributed by atoms with van der Waals surface area (Å²) in [5.74, 6) is 0. The topological polar surface area (TPSA) is 24.4 Å². The second kappa shape index (κ2) is 8.57. The van der Waals surface area contributed by atoms with Gasteiger partial charge in [-0.3, -0.25) is 4.99 Å². The Bertz CT molecular complexity index is 498. The van der Waals surface area contributed by atoms with E-state index in [1.807, 2.05) is 21.0 Å². The fourth-order valence-electron chi connectivity index (χ4n) is 1.86. The lowest BCUT2D eigenvalue weighted by Crippen LogP contribution is -2.02. The van der Waals surface area contributed by atoms with Crippen molar-refractivity contribution < 1.29 is 0 Å². The summed E-state index contributed by atoms with van der Waals surface area (Å²) in [6.07, 6.45) is 4.32. The molecule has 2 heteroatoms. The number of hydrogen-bond acceptors (Lipinski definition) is 2. The van der Waals surface area contributed by atoms with Gasteiger partial charge in [-0.2, -0.15) is 0 Å². The summed E-state index contributed by atoms with van der Waals surface area (Å²) >= 11 is 0. The molecule has 1 N–H and O–H groups in total. The first-order valence-corrected chi connectivity index (χ1v) is 7.08. The minimum atomic E-state index is 1.05. The zero-order chi connectivity index (χ0) is 15.9. The van der Waals surface area contributed by atoms with Gasteiger partial charge in [0.2, 0.25) is 0 Å². The number of hydrogen-bond donors (Lipinski definition) is 1. The summed E-state index contributed by atoms with van der Waals surface area (Å²) in [7, 11) is 3.77. The zero-order valence-electron chi connectivity index (χ0n) is 14.6. The SMILES string of the molecule is CN=C(C)C=C(C)C(C)=C(C)/C(C)=C(/C)C=C(C)NC. The quantitative estimate of drug-likeness (QED) is 0.564. The maximum atomic E-state index is 4.19. The molecule has 0 aliphatic carbocycles. The van der Waals surface area contributed by atoms with Gasteiger partial charge >= 0.3 is 0 Å². The van der Waals surface area contributed by atoms with Gasteiger partial charge in [0.15, 0.2) is 0 Å². The molecule has 0 aliphatic heterocycles. The van der Waals surface area contributed by atoms with Crippen LogP contribution in [0.25, 0.3) is 0 Å². The van der Waals surface area contributed by atoms with E-state index >= 15 is 0 Å². The average molecular weight is 274 g/mol. The molecule has 0 amide bonds. The van der Waals surface area contributed by atoms with E-state index in [0.717, 1.165) is 5.71 Å². The molecule has 0 bridgehead atoms. The van der Waals surface area contributed by atoms with Crippen molar-refractivity contribution in [3.8, 4) is 0 Å². The number of rotatable bonds is 5. The molecule has 0 aromatic rings. The molecule has 2 nitrogen and oxygen atoms in total. The number of aliphatic imine (C=N–C) groups is 1. The van der Waals surface area contributed by atoms with Crippen LogP contribution in [0.15, 0.2) is 50.7 Å². The standard InChI is InChI=1S/C18H30N2/c1-12(10-14(3)19-8)16(5)18(7)17(6)13(2)11-15(4)20-9/h10-11,19H,1-9H3/b13-11?,14-10?,16-12-,18-17?,20-15?. The van der Waals surface area contributed by atoms with E-state index in [9.17, 15) is 0 Å². The first-order valence-electron chi connectivity index (χ1n) is 7.08. The minimum absolute atomic E-state index is 1.05. The van der Waals surface area contributed by atoms with E-state index in [1.54, 1.807) is 0 Å². The second-order valence-electron chi connectivity index (χ2n) is 5.33. The fraction of sp³-hybridized carbons (Fsp3) is 0.500. The van der Waals surface area contributed by atoms with E-state index in [4.69, 9.17) is 0 Å². The highest BCUT2D eigenvalue weighted by Crippen LogP contribution is 2.23. The Morgan fingerprint density at radius 2 is 1.35 bits per heavy atom. The highest BCUT2D eigenvalue weighted by Gasteiger charge is 2.04. The van der Waals surface area contributed by atoms with Crippen molar-refractivity contribution in [2.75, 3.05) is 14.1 Å². The molecule has 112 valence electrons. The molecule has 0 aromatic carbocycles. The molecule has 0 heterocycles. The van der Waals surface area contributed by atoms with Gasteiger partial charge in [-0.15, -0.1) is 0 Å². The van der Waals surface area contributed by atoms with Gasteiger partial charge in [-0.25, -0.2) is 0 Å².